The first kappa shape index (κ1) is 18.0. The number of nitrogen functional groups attached to an aromatic ring is 1. The Bertz CT molecular complexity index is 971. The molecule has 0 amide bonds. The summed E-state index contributed by atoms with van der Waals surface area (Å²) in [6.45, 7) is 0. The molecule has 2 N–H and O–H groups in total. The monoisotopic (exact) mass is 386 g/mol. The lowest BCUT2D eigenvalue weighted by atomic mass is 10.0. The van der Waals surface area contributed by atoms with E-state index >= 15 is 0 Å². The van der Waals surface area contributed by atoms with Crippen molar-refractivity contribution in [2.24, 2.45) is 0 Å². The smallest absolute Gasteiger partial charge is 0.366 e. The van der Waals surface area contributed by atoms with Crippen molar-refractivity contribution in [2.45, 2.75) is 6.18 Å². The molecule has 0 aliphatic rings. The molecule has 1 heterocycles. The molecule has 3 rings (SSSR count). The van der Waals surface area contributed by atoms with Gasteiger partial charge in [-0.3, -0.25) is 0 Å². The summed E-state index contributed by atoms with van der Waals surface area (Å²) in [4.78, 5) is 3.87. The van der Waals surface area contributed by atoms with Crippen LogP contribution in [-0.2, 0) is 6.18 Å². The molecule has 0 spiro atoms. The van der Waals surface area contributed by atoms with E-state index in [1.807, 2.05) is 0 Å². The second-order valence-electron chi connectivity index (χ2n) is 5.25. The number of rotatable bonds is 2. The second kappa shape index (κ2) is 6.49. The third-order valence-electron chi connectivity index (χ3n) is 3.34. The molecule has 0 radical (unpaired) electrons. The fraction of sp³-hybridized carbons (Fsp3) is 0.0625. The molecular weight excluding hydrogens is 379 g/mol. The number of benzene rings is 2. The van der Waals surface area contributed by atoms with E-state index in [-0.39, 0.29) is 33.5 Å². The van der Waals surface area contributed by atoms with Crippen LogP contribution in [0.1, 0.15) is 5.56 Å². The number of nitrogens with two attached hydrogens (primary N) is 1. The molecule has 0 unspecified atom stereocenters. The van der Waals surface area contributed by atoms with Crippen molar-refractivity contribution < 1.29 is 22.0 Å². The van der Waals surface area contributed by atoms with Crippen LogP contribution in [0.2, 0.25) is 5.02 Å². The first-order valence-electron chi connectivity index (χ1n) is 6.98. The van der Waals surface area contributed by atoms with Gasteiger partial charge in [-0.2, -0.15) is 13.2 Å². The van der Waals surface area contributed by atoms with E-state index < -0.39 is 23.4 Å². The largest absolute Gasteiger partial charge is 0.416 e. The zero-order chi connectivity index (χ0) is 19.1. The molecule has 0 bridgehead atoms. The number of anilines is 1. The van der Waals surface area contributed by atoms with Crippen LogP contribution < -0.4 is 5.73 Å². The minimum atomic E-state index is -4.65. The quantitative estimate of drug-likeness (QED) is 0.646. The van der Waals surface area contributed by atoms with E-state index in [4.69, 9.17) is 17.3 Å². The van der Waals surface area contributed by atoms with E-state index in [2.05, 4.69) is 15.2 Å². The Morgan fingerprint density at radius 2 is 1.42 bits per heavy atom. The molecule has 0 aliphatic heterocycles. The average Bonchev–Trinajstić information content (AvgIpc) is 2.52. The Morgan fingerprint density at radius 1 is 0.808 bits per heavy atom. The third-order valence-corrected chi connectivity index (χ3v) is 3.56. The fourth-order valence-electron chi connectivity index (χ4n) is 2.31. The first-order chi connectivity index (χ1) is 12.1. The maximum Gasteiger partial charge on any atom is 0.416 e. The van der Waals surface area contributed by atoms with Gasteiger partial charge in [0.25, 0.3) is 0 Å². The number of nitrogens with zero attached hydrogens (tertiary/aromatic N) is 3. The fourth-order valence-corrected chi connectivity index (χ4v) is 2.55. The molecule has 0 atom stereocenters. The van der Waals surface area contributed by atoms with Crippen molar-refractivity contribution in [3.8, 4) is 22.5 Å². The molecule has 0 saturated carbocycles. The zero-order valence-corrected chi connectivity index (χ0v) is 13.4. The molecule has 134 valence electrons. The highest BCUT2D eigenvalue weighted by Crippen LogP contribution is 2.36. The van der Waals surface area contributed by atoms with Crippen LogP contribution in [0.3, 0.4) is 0 Å². The Morgan fingerprint density at radius 3 is 2.04 bits per heavy atom. The minimum Gasteiger partial charge on any atom is -0.366 e. The number of halogens is 6. The molecule has 26 heavy (non-hydrogen) atoms. The van der Waals surface area contributed by atoms with Gasteiger partial charge in [0.1, 0.15) is 23.0 Å². The minimum absolute atomic E-state index is 0.0624. The van der Waals surface area contributed by atoms with Crippen molar-refractivity contribution in [1.29, 1.82) is 0 Å². The molecule has 0 aliphatic carbocycles. The van der Waals surface area contributed by atoms with Gasteiger partial charge in [-0.25, -0.2) is 13.8 Å². The highest BCUT2D eigenvalue weighted by molar-refractivity contribution is 6.31. The summed E-state index contributed by atoms with van der Waals surface area (Å²) in [5.41, 5.74) is 4.02. The van der Waals surface area contributed by atoms with Gasteiger partial charge in [0.05, 0.1) is 5.56 Å². The Balaban J connectivity index is 2.26. The van der Waals surface area contributed by atoms with E-state index in [9.17, 15) is 22.0 Å². The number of hydrogen-bond acceptors (Lipinski definition) is 4. The van der Waals surface area contributed by atoms with Gasteiger partial charge in [-0.05, 0) is 30.3 Å². The predicted octanol–water partition coefficient (Wildman–Crippen LogP) is 4.74. The van der Waals surface area contributed by atoms with E-state index in [0.29, 0.717) is 6.07 Å². The molecule has 0 saturated heterocycles. The zero-order valence-electron chi connectivity index (χ0n) is 12.7. The Hall–Kier alpha value is -2.81. The predicted molar refractivity (Wildman–Crippen MR) is 85.0 cm³/mol. The van der Waals surface area contributed by atoms with Gasteiger partial charge in [0.2, 0.25) is 5.95 Å². The highest BCUT2D eigenvalue weighted by atomic mass is 35.5. The van der Waals surface area contributed by atoms with Gasteiger partial charge in [-0.15, -0.1) is 10.2 Å². The molecule has 4 nitrogen and oxygen atoms in total. The topological polar surface area (TPSA) is 64.7 Å². The number of alkyl halides is 3. The van der Waals surface area contributed by atoms with Crippen LogP contribution in [0.5, 0.6) is 0 Å². The van der Waals surface area contributed by atoms with Gasteiger partial charge in [0, 0.05) is 22.2 Å². The summed E-state index contributed by atoms with van der Waals surface area (Å²) in [6.07, 6.45) is -4.65. The van der Waals surface area contributed by atoms with E-state index in [1.54, 1.807) is 0 Å². The maximum absolute atomic E-state index is 13.5. The van der Waals surface area contributed by atoms with Crippen molar-refractivity contribution in [1.82, 2.24) is 15.2 Å². The summed E-state index contributed by atoms with van der Waals surface area (Å²) < 4.78 is 66.1. The second-order valence-corrected chi connectivity index (χ2v) is 5.69. The third kappa shape index (κ3) is 3.72. The van der Waals surface area contributed by atoms with Gasteiger partial charge < -0.3 is 5.73 Å². The summed E-state index contributed by atoms with van der Waals surface area (Å²) in [5, 5.41) is 7.05. The standard InChI is InChI=1S/C16H8ClF5N4/c17-10-2-7(1-9(5-10)16(20,21)22)14-13(24-15(23)26-25-14)8-3-11(18)6-12(19)4-8/h1-6H,(H2,23,24,26). The van der Waals surface area contributed by atoms with Gasteiger partial charge >= 0.3 is 6.18 Å². The lowest BCUT2D eigenvalue weighted by Crippen LogP contribution is -2.06. The lowest BCUT2D eigenvalue weighted by molar-refractivity contribution is -0.137. The summed E-state index contributed by atoms with van der Waals surface area (Å²) in [6, 6.07) is 5.27. The Kier molecular flexibility index (Phi) is 4.49. The molecular formula is C16H8ClF5N4. The highest BCUT2D eigenvalue weighted by Gasteiger charge is 2.31. The average molecular weight is 387 g/mol. The van der Waals surface area contributed by atoms with Gasteiger partial charge in [0.15, 0.2) is 0 Å². The van der Waals surface area contributed by atoms with Crippen LogP contribution in [0.4, 0.5) is 27.9 Å². The number of hydrogen-bond donors (Lipinski definition) is 1. The molecule has 2 aromatic carbocycles. The van der Waals surface area contributed by atoms with Crippen LogP contribution in [0.25, 0.3) is 22.5 Å². The molecule has 1 aromatic heterocycles. The van der Waals surface area contributed by atoms with E-state index in [0.717, 1.165) is 24.3 Å². The maximum atomic E-state index is 13.5. The van der Waals surface area contributed by atoms with Crippen molar-refractivity contribution in [3.05, 3.63) is 58.6 Å². The van der Waals surface area contributed by atoms with Gasteiger partial charge in [-0.1, -0.05) is 11.6 Å². The van der Waals surface area contributed by atoms with Crippen LogP contribution >= 0.6 is 11.6 Å². The van der Waals surface area contributed by atoms with Crippen molar-refractivity contribution in [2.75, 3.05) is 5.73 Å². The Labute approximate surface area is 148 Å². The van der Waals surface area contributed by atoms with Crippen molar-refractivity contribution >= 4 is 17.5 Å². The first-order valence-corrected chi connectivity index (χ1v) is 7.36. The van der Waals surface area contributed by atoms with Crippen LogP contribution in [-0.4, -0.2) is 15.2 Å². The van der Waals surface area contributed by atoms with Crippen molar-refractivity contribution in [3.63, 3.8) is 0 Å². The van der Waals surface area contributed by atoms with Crippen LogP contribution in [0.15, 0.2) is 36.4 Å². The molecule has 3 aromatic rings. The summed E-state index contributed by atoms with van der Waals surface area (Å²) >= 11 is 5.77. The normalized spacial score (nSPS) is 11.6. The SMILES string of the molecule is Nc1nnc(-c2cc(Cl)cc(C(F)(F)F)c2)c(-c2cc(F)cc(F)c2)n1. The van der Waals surface area contributed by atoms with Crippen LogP contribution in [0, 0.1) is 11.6 Å². The number of aromatic nitrogens is 3. The summed E-state index contributed by atoms with van der Waals surface area (Å²) in [5.74, 6) is -2.11. The summed E-state index contributed by atoms with van der Waals surface area (Å²) in [7, 11) is 0. The molecule has 0 fully saturated rings. The lowest BCUT2D eigenvalue weighted by Gasteiger charge is -2.12. The molecule has 10 heteroatoms. The van der Waals surface area contributed by atoms with E-state index in [1.165, 1.54) is 6.07 Å².